The predicted octanol–water partition coefficient (Wildman–Crippen LogP) is 2.25. The number of rotatable bonds is 6. The molecule has 12 nitrogen and oxygen atoms in total. The second kappa shape index (κ2) is 9.94. The molecule has 208 valence electrons. The van der Waals surface area contributed by atoms with Crippen LogP contribution < -0.4 is 19.7 Å². The summed E-state index contributed by atoms with van der Waals surface area (Å²) in [6.45, 7) is 5.44. The lowest BCUT2D eigenvalue weighted by atomic mass is 10.0. The summed E-state index contributed by atoms with van der Waals surface area (Å²) in [5.41, 5.74) is 0.898. The lowest BCUT2D eigenvalue weighted by Crippen LogP contribution is -2.46. The Morgan fingerprint density at radius 3 is 2.46 bits per heavy atom. The number of nitro groups is 1. The number of halogens is 3. The van der Waals surface area contributed by atoms with E-state index < -0.39 is 11.3 Å². The molecule has 0 aliphatic carbocycles. The average Bonchev–Trinajstić information content (AvgIpc) is 3.60. The lowest BCUT2D eigenvalue weighted by molar-refractivity contribution is -0.389. The summed E-state index contributed by atoms with van der Waals surface area (Å²) < 4.78 is 48.4. The molecule has 3 atom stereocenters. The number of hydrogen-bond acceptors (Lipinski definition) is 10. The van der Waals surface area contributed by atoms with Crippen molar-refractivity contribution in [1.29, 1.82) is 0 Å². The van der Waals surface area contributed by atoms with E-state index in [2.05, 4.69) is 24.8 Å². The van der Waals surface area contributed by atoms with Crippen molar-refractivity contribution in [2.24, 2.45) is 16.8 Å². The molecule has 2 unspecified atom stereocenters. The SMILES string of the molecule is O=[N+]([O-])c1cn2c(n1)OC[C@@H](NCN1C=CC(N3CC4CN(c5ccc(OC(F)(F)F)cc5)CC4C3)=NC1)C2. The molecule has 1 N–H and O–H groups in total. The van der Waals surface area contributed by atoms with Gasteiger partial charge in [-0.1, -0.05) is 0 Å². The van der Waals surface area contributed by atoms with Crippen LogP contribution >= 0.6 is 0 Å². The van der Waals surface area contributed by atoms with Crippen LogP contribution in [0.1, 0.15) is 0 Å². The van der Waals surface area contributed by atoms with E-state index in [0.717, 1.165) is 37.7 Å². The van der Waals surface area contributed by atoms with E-state index in [-0.39, 0.29) is 23.6 Å². The van der Waals surface area contributed by atoms with Crippen molar-refractivity contribution in [3.8, 4) is 11.8 Å². The van der Waals surface area contributed by atoms with E-state index in [1.165, 1.54) is 18.3 Å². The van der Waals surface area contributed by atoms with Gasteiger partial charge in [-0.15, -0.1) is 13.2 Å². The van der Waals surface area contributed by atoms with Gasteiger partial charge in [0.15, 0.2) is 0 Å². The topological polar surface area (TPSA) is 114 Å². The Bertz CT molecular complexity index is 1270. The third-order valence-electron chi connectivity index (χ3n) is 7.42. The summed E-state index contributed by atoms with van der Waals surface area (Å²) >= 11 is 0. The number of likely N-dealkylation sites (tertiary alicyclic amines) is 1. The molecule has 0 saturated carbocycles. The third kappa shape index (κ3) is 5.57. The predicted molar refractivity (Wildman–Crippen MR) is 133 cm³/mol. The second-order valence-corrected chi connectivity index (χ2v) is 10.1. The molecule has 2 fully saturated rings. The summed E-state index contributed by atoms with van der Waals surface area (Å²) in [7, 11) is 0. The Hall–Kier alpha value is -4.01. The molecule has 2 saturated heterocycles. The summed E-state index contributed by atoms with van der Waals surface area (Å²) in [5, 5.41) is 14.3. The average molecular weight is 549 g/mol. The molecule has 1 aromatic carbocycles. The van der Waals surface area contributed by atoms with E-state index >= 15 is 0 Å². The molecule has 15 heteroatoms. The first kappa shape index (κ1) is 25.3. The van der Waals surface area contributed by atoms with Crippen LogP contribution in [0.15, 0.2) is 47.7 Å². The Kier molecular flexibility index (Phi) is 6.45. The quantitative estimate of drug-likeness (QED) is 0.429. The molecule has 0 amide bonds. The number of nitrogens with one attached hydrogen (secondary N) is 1. The van der Waals surface area contributed by atoms with Crippen LogP contribution in [-0.4, -0.2) is 88.6 Å². The van der Waals surface area contributed by atoms with Crippen molar-refractivity contribution in [3.05, 3.63) is 52.9 Å². The number of aromatic nitrogens is 2. The zero-order chi connectivity index (χ0) is 27.1. The van der Waals surface area contributed by atoms with Gasteiger partial charge in [-0.3, -0.25) is 9.88 Å². The van der Waals surface area contributed by atoms with Crippen LogP contribution in [0.4, 0.5) is 24.7 Å². The van der Waals surface area contributed by atoms with Gasteiger partial charge >= 0.3 is 18.2 Å². The number of amidine groups is 1. The van der Waals surface area contributed by atoms with Crippen LogP contribution in [0, 0.1) is 22.0 Å². The Morgan fingerprint density at radius 1 is 1.10 bits per heavy atom. The summed E-state index contributed by atoms with van der Waals surface area (Å²) in [4.78, 5) is 25.6. The Morgan fingerprint density at radius 2 is 1.82 bits per heavy atom. The highest BCUT2D eigenvalue weighted by Gasteiger charge is 2.41. The molecular weight excluding hydrogens is 521 g/mol. The highest BCUT2D eigenvalue weighted by atomic mass is 19.4. The normalized spacial score (nSPS) is 24.3. The smallest absolute Gasteiger partial charge is 0.444 e. The maximum absolute atomic E-state index is 12.4. The minimum absolute atomic E-state index is 0.0145. The molecule has 6 rings (SSSR count). The van der Waals surface area contributed by atoms with E-state index in [1.54, 1.807) is 16.7 Å². The third-order valence-corrected chi connectivity index (χ3v) is 7.42. The van der Waals surface area contributed by atoms with Gasteiger partial charge in [0.25, 0.3) is 0 Å². The molecule has 4 aliphatic heterocycles. The molecule has 4 aliphatic rings. The van der Waals surface area contributed by atoms with Crippen molar-refractivity contribution in [1.82, 2.24) is 24.7 Å². The van der Waals surface area contributed by atoms with Crippen LogP contribution in [-0.2, 0) is 6.54 Å². The number of imidazole rings is 1. The number of fused-ring (bicyclic) bond motifs is 2. The minimum atomic E-state index is -4.69. The van der Waals surface area contributed by atoms with E-state index in [1.807, 2.05) is 17.2 Å². The van der Waals surface area contributed by atoms with Crippen molar-refractivity contribution in [2.45, 2.75) is 18.9 Å². The van der Waals surface area contributed by atoms with Gasteiger partial charge in [0, 0.05) is 61.4 Å². The first-order valence-electron chi connectivity index (χ1n) is 12.6. The Balaban J connectivity index is 0.951. The number of alkyl halides is 3. The van der Waals surface area contributed by atoms with Crippen LogP contribution in [0.5, 0.6) is 11.8 Å². The van der Waals surface area contributed by atoms with Crippen LogP contribution in [0.3, 0.4) is 0 Å². The zero-order valence-corrected chi connectivity index (χ0v) is 20.8. The summed E-state index contributed by atoms with van der Waals surface area (Å²) in [6.07, 6.45) is 0.715. The molecular formula is C24H27F3N8O4. The number of ether oxygens (including phenoxy) is 2. The fraction of sp³-hybridized carbons (Fsp3) is 0.500. The lowest BCUT2D eigenvalue weighted by Gasteiger charge is -2.30. The fourth-order valence-corrected chi connectivity index (χ4v) is 5.55. The first-order valence-corrected chi connectivity index (χ1v) is 12.6. The number of nitrogens with zero attached hydrogens (tertiary/aromatic N) is 7. The Labute approximate surface area is 221 Å². The first-order chi connectivity index (χ1) is 18.7. The van der Waals surface area contributed by atoms with Gasteiger partial charge < -0.3 is 34.3 Å². The largest absolute Gasteiger partial charge is 0.573 e. The van der Waals surface area contributed by atoms with Crippen molar-refractivity contribution < 1.29 is 27.6 Å². The standard InChI is InChI=1S/C24H27F3N8O4/c25-24(26,27)39-20-3-1-19(2-4-20)32-7-16-9-33(10-17(16)8-32)21-5-6-31(15-29-21)14-28-18-11-34-12-22(35(36)37)30-23(34)38-13-18/h1-6,12,16-18,28H,7-11,13-15H2/t16?,17?,18-/m0/s1. The highest BCUT2D eigenvalue weighted by Crippen LogP contribution is 2.35. The van der Waals surface area contributed by atoms with E-state index in [9.17, 15) is 23.3 Å². The maximum Gasteiger partial charge on any atom is 0.573 e. The number of hydrogen-bond donors (Lipinski definition) is 1. The summed E-state index contributed by atoms with van der Waals surface area (Å²) in [6, 6.07) is 6.31. The molecule has 2 aromatic rings. The van der Waals surface area contributed by atoms with Crippen LogP contribution in [0.2, 0.25) is 0 Å². The number of anilines is 1. The van der Waals surface area contributed by atoms with Gasteiger partial charge in [0.1, 0.15) is 31.1 Å². The van der Waals surface area contributed by atoms with Gasteiger partial charge in [-0.2, -0.15) is 0 Å². The van der Waals surface area contributed by atoms with Gasteiger partial charge in [0.05, 0.1) is 12.7 Å². The van der Waals surface area contributed by atoms with Crippen molar-refractivity contribution >= 4 is 17.3 Å². The molecule has 1 aromatic heterocycles. The number of aliphatic imine (C=N–C) groups is 1. The van der Waals surface area contributed by atoms with Crippen molar-refractivity contribution in [2.75, 3.05) is 51.0 Å². The zero-order valence-electron chi connectivity index (χ0n) is 20.8. The number of benzene rings is 1. The van der Waals surface area contributed by atoms with Gasteiger partial charge in [0.2, 0.25) is 0 Å². The molecule has 0 bridgehead atoms. The van der Waals surface area contributed by atoms with Crippen LogP contribution in [0.25, 0.3) is 0 Å². The van der Waals surface area contributed by atoms with Crippen molar-refractivity contribution in [3.63, 3.8) is 0 Å². The maximum atomic E-state index is 12.4. The fourth-order valence-electron chi connectivity index (χ4n) is 5.55. The monoisotopic (exact) mass is 548 g/mol. The molecule has 39 heavy (non-hydrogen) atoms. The van der Waals surface area contributed by atoms with E-state index in [0.29, 0.717) is 38.3 Å². The molecule has 0 spiro atoms. The minimum Gasteiger partial charge on any atom is -0.444 e. The van der Waals surface area contributed by atoms with Gasteiger partial charge in [-0.05, 0) is 35.3 Å². The molecule has 5 heterocycles. The molecule has 0 radical (unpaired) electrons. The van der Waals surface area contributed by atoms with Gasteiger partial charge in [-0.25, -0.2) is 4.99 Å². The highest BCUT2D eigenvalue weighted by molar-refractivity contribution is 5.93. The van der Waals surface area contributed by atoms with E-state index in [4.69, 9.17) is 9.73 Å². The second-order valence-electron chi connectivity index (χ2n) is 10.1. The summed E-state index contributed by atoms with van der Waals surface area (Å²) in [5.74, 6) is 1.44.